The van der Waals surface area contributed by atoms with Crippen molar-refractivity contribution in [3.63, 3.8) is 0 Å². The SMILES string of the molecule is N#CC(C#N)=C1CC2CCC1C/C2=C\c1ccc2ccc3cccc4ccc1c2c34. The summed E-state index contributed by atoms with van der Waals surface area (Å²) in [6.45, 7) is 0. The largest absolute Gasteiger partial charge is 0.192 e. The van der Waals surface area contributed by atoms with E-state index in [2.05, 4.69) is 72.8 Å². The van der Waals surface area contributed by atoms with E-state index in [9.17, 15) is 10.5 Å². The second-order valence-corrected chi connectivity index (χ2v) is 8.73. The van der Waals surface area contributed by atoms with Crippen molar-refractivity contribution >= 4 is 38.4 Å². The van der Waals surface area contributed by atoms with E-state index < -0.39 is 0 Å². The van der Waals surface area contributed by atoms with Gasteiger partial charge in [0.05, 0.1) is 0 Å². The maximum absolute atomic E-state index is 9.32. The quantitative estimate of drug-likeness (QED) is 0.259. The van der Waals surface area contributed by atoms with E-state index >= 15 is 0 Å². The van der Waals surface area contributed by atoms with Crippen LogP contribution >= 0.6 is 0 Å². The van der Waals surface area contributed by atoms with Gasteiger partial charge in [0, 0.05) is 0 Å². The van der Waals surface area contributed by atoms with Crippen LogP contribution < -0.4 is 0 Å². The molecule has 3 aliphatic rings. The molecule has 0 radical (unpaired) electrons. The van der Waals surface area contributed by atoms with Gasteiger partial charge in [-0.25, -0.2) is 0 Å². The van der Waals surface area contributed by atoms with Crippen molar-refractivity contribution in [3.8, 4) is 12.1 Å². The van der Waals surface area contributed by atoms with E-state index in [1.807, 2.05) is 0 Å². The minimum atomic E-state index is 0.353. The van der Waals surface area contributed by atoms with Gasteiger partial charge in [-0.2, -0.15) is 10.5 Å². The highest BCUT2D eigenvalue weighted by Gasteiger charge is 2.36. The van der Waals surface area contributed by atoms with Crippen LogP contribution in [0.4, 0.5) is 0 Å². The van der Waals surface area contributed by atoms with Gasteiger partial charge in [0.15, 0.2) is 0 Å². The molecular weight excluding hydrogens is 364 g/mol. The van der Waals surface area contributed by atoms with E-state index in [-0.39, 0.29) is 0 Å². The van der Waals surface area contributed by atoms with Crippen molar-refractivity contribution in [1.82, 2.24) is 0 Å². The van der Waals surface area contributed by atoms with Gasteiger partial charge in [-0.1, -0.05) is 66.2 Å². The molecule has 4 aromatic rings. The van der Waals surface area contributed by atoms with Crippen LogP contribution in [-0.2, 0) is 0 Å². The summed E-state index contributed by atoms with van der Waals surface area (Å²) in [7, 11) is 0. The monoisotopic (exact) mass is 384 g/mol. The van der Waals surface area contributed by atoms with Gasteiger partial charge in [0.2, 0.25) is 0 Å². The Kier molecular flexibility index (Phi) is 3.71. The fourth-order valence-electron chi connectivity index (χ4n) is 5.84. The minimum absolute atomic E-state index is 0.353. The number of hydrogen-bond donors (Lipinski definition) is 0. The molecule has 0 aliphatic heterocycles. The number of nitriles is 2. The molecule has 0 heterocycles. The Morgan fingerprint density at radius 2 is 1.43 bits per heavy atom. The first-order valence-electron chi connectivity index (χ1n) is 10.7. The Morgan fingerprint density at radius 3 is 2.13 bits per heavy atom. The summed E-state index contributed by atoms with van der Waals surface area (Å²) in [6.07, 6.45) is 6.52. The van der Waals surface area contributed by atoms with Gasteiger partial charge in [0.1, 0.15) is 17.7 Å². The molecule has 0 amide bonds. The predicted molar refractivity (Wildman–Crippen MR) is 122 cm³/mol. The number of allylic oxidation sites excluding steroid dienone is 3. The summed E-state index contributed by atoms with van der Waals surface area (Å²) in [5, 5.41) is 26.5. The van der Waals surface area contributed by atoms with Crippen molar-refractivity contribution in [3.05, 3.63) is 76.9 Å². The molecule has 3 saturated carbocycles. The maximum Gasteiger partial charge on any atom is 0.129 e. The Morgan fingerprint density at radius 1 is 0.767 bits per heavy atom. The number of rotatable bonds is 1. The van der Waals surface area contributed by atoms with E-state index in [0.29, 0.717) is 17.4 Å². The number of benzene rings is 4. The van der Waals surface area contributed by atoms with E-state index in [1.165, 1.54) is 43.5 Å². The van der Waals surface area contributed by atoms with Crippen LogP contribution in [0.1, 0.15) is 31.2 Å². The van der Waals surface area contributed by atoms with Gasteiger partial charge in [-0.3, -0.25) is 0 Å². The zero-order chi connectivity index (χ0) is 20.2. The van der Waals surface area contributed by atoms with Crippen molar-refractivity contribution in [2.24, 2.45) is 11.8 Å². The lowest BCUT2D eigenvalue weighted by Crippen LogP contribution is -2.27. The van der Waals surface area contributed by atoms with Crippen LogP contribution in [0.3, 0.4) is 0 Å². The van der Waals surface area contributed by atoms with Crippen molar-refractivity contribution in [2.45, 2.75) is 25.7 Å². The fraction of sp³-hybridized carbons (Fsp3) is 0.214. The molecule has 2 bridgehead atoms. The number of fused-ring (bicyclic) bond motifs is 3. The molecule has 30 heavy (non-hydrogen) atoms. The number of hydrogen-bond acceptors (Lipinski definition) is 2. The lowest BCUT2D eigenvalue weighted by atomic mass is 9.64. The van der Waals surface area contributed by atoms with Gasteiger partial charge < -0.3 is 0 Å². The Hall–Kier alpha value is -3.62. The highest BCUT2D eigenvalue weighted by atomic mass is 14.4. The van der Waals surface area contributed by atoms with Crippen LogP contribution in [-0.4, -0.2) is 0 Å². The zero-order valence-corrected chi connectivity index (χ0v) is 16.7. The summed E-state index contributed by atoms with van der Waals surface area (Å²) in [6, 6.07) is 24.2. The van der Waals surface area contributed by atoms with E-state index in [1.54, 1.807) is 0 Å². The molecule has 0 N–H and O–H groups in total. The Bertz CT molecular complexity index is 1440. The normalized spacial score (nSPS) is 22.1. The second-order valence-electron chi connectivity index (χ2n) is 8.73. The smallest absolute Gasteiger partial charge is 0.129 e. The predicted octanol–water partition coefficient (Wildman–Crippen LogP) is 7.13. The lowest BCUT2D eigenvalue weighted by molar-refractivity contribution is 0.314. The van der Waals surface area contributed by atoms with Gasteiger partial charge in [-0.15, -0.1) is 0 Å². The second kappa shape index (κ2) is 6.45. The summed E-state index contributed by atoms with van der Waals surface area (Å²) in [4.78, 5) is 0. The van der Waals surface area contributed by atoms with E-state index in [4.69, 9.17) is 0 Å². The van der Waals surface area contributed by atoms with Crippen LogP contribution in [0.5, 0.6) is 0 Å². The van der Waals surface area contributed by atoms with Crippen LogP contribution in [0.15, 0.2) is 71.3 Å². The Balaban J connectivity index is 1.50. The van der Waals surface area contributed by atoms with Crippen LogP contribution in [0.25, 0.3) is 38.4 Å². The summed E-state index contributed by atoms with van der Waals surface area (Å²) < 4.78 is 0. The van der Waals surface area contributed by atoms with Gasteiger partial charge in [0.25, 0.3) is 0 Å². The fourth-order valence-corrected chi connectivity index (χ4v) is 5.84. The lowest BCUT2D eigenvalue weighted by Gasteiger charge is -2.40. The zero-order valence-electron chi connectivity index (χ0n) is 16.7. The Labute approximate surface area is 175 Å². The molecule has 0 aromatic heterocycles. The van der Waals surface area contributed by atoms with Crippen LogP contribution in [0, 0.1) is 34.5 Å². The molecular formula is C28H20N2. The summed E-state index contributed by atoms with van der Waals surface area (Å²) in [5.41, 5.74) is 4.23. The summed E-state index contributed by atoms with van der Waals surface area (Å²) in [5.74, 6) is 0.815. The molecule has 0 saturated heterocycles. The molecule has 7 rings (SSSR count). The highest BCUT2D eigenvalue weighted by molar-refractivity contribution is 6.24. The summed E-state index contributed by atoms with van der Waals surface area (Å²) >= 11 is 0. The topological polar surface area (TPSA) is 47.6 Å². The molecule has 0 spiro atoms. The standard InChI is InChI=1S/C28H20N2/c29-15-24(16-30)26-14-20-7-9-22(26)13-23(20)12-21-8-6-19-5-4-17-2-1-3-18-10-11-25(21)28(19)27(17)18/h1-6,8,10-12,20,22H,7,9,13-14H2/b23-12+. The van der Waals surface area contributed by atoms with Crippen molar-refractivity contribution < 1.29 is 0 Å². The molecule has 2 heteroatoms. The average molecular weight is 384 g/mol. The van der Waals surface area contributed by atoms with Gasteiger partial charge >= 0.3 is 0 Å². The first kappa shape index (κ1) is 17.3. The molecule has 3 fully saturated rings. The first-order valence-corrected chi connectivity index (χ1v) is 10.7. The molecule has 3 aliphatic carbocycles. The van der Waals surface area contributed by atoms with Crippen molar-refractivity contribution in [2.75, 3.05) is 0 Å². The molecule has 2 nitrogen and oxygen atoms in total. The third kappa shape index (κ3) is 2.41. The van der Waals surface area contributed by atoms with Crippen molar-refractivity contribution in [1.29, 1.82) is 10.5 Å². The molecule has 4 aromatic carbocycles. The average Bonchev–Trinajstić information content (AvgIpc) is 2.80. The molecule has 142 valence electrons. The number of nitrogens with zero attached hydrogens (tertiary/aromatic N) is 2. The van der Waals surface area contributed by atoms with E-state index in [0.717, 1.165) is 31.3 Å². The van der Waals surface area contributed by atoms with Gasteiger partial charge in [-0.05, 0) is 81.0 Å². The molecule has 2 atom stereocenters. The third-order valence-electron chi connectivity index (χ3n) is 7.28. The first-order chi connectivity index (χ1) is 14.8. The molecule has 2 unspecified atom stereocenters. The maximum atomic E-state index is 9.32. The third-order valence-corrected chi connectivity index (χ3v) is 7.28. The van der Waals surface area contributed by atoms with Crippen LogP contribution in [0.2, 0.25) is 0 Å². The highest BCUT2D eigenvalue weighted by Crippen LogP contribution is 2.49. The minimum Gasteiger partial charge on any atom is -0.192 e.